The first kappa shape index (κ1) is 14.9. The maximum Gasteiger partial charge on any atom is 0.0589 e. The molecule has 0 rings (SSSR count). The molecule has 0 amide bonds. The average molecular weight is 216 g/mol. The van der Waals surface area contributed by atoms with Gasteiger partial charge < -0.3 is 10.5 Å². The van der Waals surface area contributed by atoms with Crippen LogP contribution in [0.2, 0.25) is 0 Å². The summed E-state index contributed by atoms with van der Waals surface area (Å²) in [6.07, 6.45) is 0. The number of ether oxygens (including phenoxy) is 1. The molecule has 0 aliphatic rings. The molecule has 0 aliphatic heterocycles. The first-order valence-corrected chi connectivity index (χ1v) is 5.96. The maximum absolute atomic E-state index is 5.71. The van der Waals surface area contributed by atoms with Gasteiger partial charge in [0, 0.05) is 26.2 Å². The van der Waals surface area contributed by atoms with Crippen LogP contribution in [0.25, 0.3) is 0 Å². The van der Waals surface area contributed by atoms with E-state index in [1.54, 1.807) is 7.11 Å². The molecule has 0 saturated heterocycles. The standard InChI is InChI=1S/C12H28N2O/c1-10(2)9-14(6-7-15-5)12(4)11(3)8-13/h10-12H,6-9,13H2,1-5H3. The number of hydrogen-bond donors (Lipinski definition) is 1. The summed E-state index contributed by atoms with van der Waals surface area (Å²) in [6.45, 7) is 12.6. The molecule has 0 aromatic heterocycles. The third kappa shape index (κ3) is 6.13. The molecule has 0 aromatic rings. The van der Waals surface area contributed by atoms with Gasteiger partial charge in [-0.3, -0.25) is 4.90 Å². The van der Waals surface area contributed by atoms with Crippen molar-refractivity contribution in [3.63, 3.8) is 0 Å². The number of hydrogen-bond acceptors (Lipinski definition) is 3. The minimum atomic E-state index is 0.535. The van der Waals surface area contributed by atoms with E-state index in [1.165, 1.54) is 0 Å². The Labute approximate surface area is 95.0 Å². The molecular weight excluding hydrogens is 188 g/mol. The number of nitrogens with two attached hydrogens (primary N) is 1. The van der Waals surface area contributed by atoms with Gasteiger partial charge in [0.25, 0.3) is 0 Å². The molecule has 0 bridgehead atoms. The van der Waals surface area contributed by atoms with Crippen molar-refractivity contribution in [2.24, 2.45) is 17.6 Å². The van der Waals surface area contributed by atoms with Gasteiger partial charge >= 0.3 is 0 Å². The summed E-state index contributed by atoms with van der Waals surface area (Å²) in [5.74, 6) is 1.23. The van der Waals surface area contributed by atoms with Crippen molar-refractivity contribution in [2.45, 2.75) is 33.7 Å². The van der Waals surface area contributed by atoms with E-state index >= 15 is 0 Å². The Morgan fingerprint density at radius 2 is 1.80 bits per heavy atom. The zero-order chi connectivity index (χ0) is 11.8. The van der Waals surface area contributed by atoms with E-state index in [-0.39, 0.29) is 0 Å². The second kappa shape index (κ2) is 8.08. The molecule has 3 nitrogen and oxygen atoms in total. The van der Waals surface area contributed by atoms with E-state index < -0.39 is 0 Å². The molecule has 0 saturated carbocycles. The van der Waals surface area contributed by atoms with E-state index in [2.05, 4.69) is 32.6 Å². The normalized spacial score (nSPS) is 16.0. The van der Waals surface area contributed by atoms with Gasteiger partial charge in [0.15, 0.2) is 0 Å². The van der Waals surface area contributed by atoms with Crippen LogP contribution in [0.15, 0.2) is 0 Å². The first-order valence-electron chi connectivity index (χ1n) is 5.96. The number of methoxy groups -OCH3 is 1. The van der Waals surface area contributed by atoms with E-state index in [0.29, 0.717) is 17.9 Å². The Bertz CT molecular complexity index is 151. The molecule has 0 radical (unpaired) electrons. The quantitative estimate of drug-likeness (QED) is 0.669. The van der Waals surface area contributed by atoms with E-state index in [0.717, 1.165) is 26.2 Å². The molecule has 0 fully saturated rings. The summed E-state index contributed by atoms with van der Waals surface area (Å²) in [5, 5.41) is 0. The van der Waals surface area contributed by atoms with Crippen molar-refractivity contribution >= 4 is 0 Å². The van der Waals surface area contributed by atoms with Crippen molar-refractivity contribution in [1.29, 1.82) is 0 Å². The van der Waals surface area contributed by atoms with Gasteiger partial charge in [-0.25, -0.2) is 0 Å². The molecule has 92 valence electrons. The highest BCUT2D eigenvalue weighted by atomic mass is 16.5. The van der Waals surface area contributed by atoms with Crippen LogP contribution in [0, 0.1) is 11.8 Å². The van der Waals surface area contributed by atoms with Crippen LogP contribution < -0.4 is 5.73 Å². The van der Waals surface area contributed by atoms with Crippen LogP contribution in [-0.4, -0.2) is 44.3 Å². The lowest BCUT2D eigenvalue weighted by atomic mass is 10.0. The highest BCUT2D eigenvalue weighted by Gasteiger charge is 2.19. The molecule has 0 aromatic carbocycles. The monoisotopic (exact) mass is 216 g/mol. The largest absolute Gasteiger partial charge is 0.383 e. The zero-order valence-corrected chi connectivity index (χ0v) is 11.0. The lowest BCUT2D eigenvalue weighted by Crippen LogP contribution is -2.43. The molecular formula is C12H28N2O. The van der Waals surface area contributed by atoms with Crippen LogP contribution in [0.4, 0.5) is 0 Å². The molecule has 15 heavy (non-hydrogen) atoms. The Kier molecular flexibility index (Phi) is 8.02. The third-order valence-corrected chi connectivity index (χ3v) is 2.95. The topological polar surface area (TPSA) is 38.5 Å². The first-order chi connectivity index (χ1) is 7.02. The average Bonchev–Trinajstić information content (AvgIpc) is 2.21. The van der Waals surface area contributed by atoms with Crippen LogP contribution >= 0.6 is 0 Å². The summed E-state index contributed by atoms with van der Waals surface area (Å²) >= 11 is 0. The van der Waals surface area contributed by atoms with Gasteiger partial charge in [-0.15, -0.1) is 0 Å². The van der Waals surface area contributed by atoms with E-state index in [9.17, 15) is 0 Å². The predicted molar refractivity (Wildman–Crippen MR) is 66.0 cm³/mol. The van der Waals surface area contributed by atoms with Crippen LogP contribution in [-0.2, 0) is 4.74 Å². The Morgan fingerprint density at radius 1 is 1.20 bits per heavy atom. The zero-order valence-electron chi connectivity index (χ0n) is 11.0. The van der Waals surface area contributed by atoms with Crippen molar-refractivity contribution in [1.82, 2.24) is 4.90 Å². The second-order valence-electron chi connectivity index (χ2n) is 4.84. The van der Waals surface area contributed by atoms with E-state index in [1.807, 2.05) is 0 Å². The highest BCUT2D eigenvalue weighted by Crippen LogP contribution is 2.11. The molecule has 2 N–H and O–H groups in total. The van der Waals surface area contributed by atoms with E-state index in [4.69, 9.17) is 10.5 Å². The molecule has 2 atom stereocenters. The Hall–Kier alpha value is -0.120. The van der Waals surface area contributed by atoms with Crippen LogP contribution in [0.1, 0.15) is 27.7 Å². The smallest absolute Gasteiger partial charge is 0.0589 e. The summed E-state index contributed by atoms with van der Waals surface area (Å²) in [4.78, 5) is 2.48. The lowest BCUT2D eigenvalue weighted by molar-refractivity contribution is 0.0960. The van der Waals surface area contributed by atoms with Crippen molar-refractivity contribution < 1.29 is 4.74 Å². The molecule has 2 unspecified atom stereocenters. The second-order valence-corrected chi connectivity index (χ2v) is 4.84. The van der Waals surface area contributed by atoms with Gasteiger partial charge in [-0.05, 0) is 25.3 Å². The maximum atomic E-state index is 5.71. The van der Waals surface area contributed by atoms with Gasteiger partial charge in [0.1, 0.15) is 0 Å². The summed E-state index contributed by atoms with van der Waals surface area (Å²) < 4.78 is 5.14. The fourth-order valence-corrected chi connectivity index (χ4v) is 1.70. The molecule has 0 aliphatic carbocycles. The molecule has 3 heteroatoms. The highest BCUT2D eigenvalue weighted by molar-refractivity contribution is 4.74. The summed E-state index contributed by atoms with van der Waals surface area (Å²) in [7, 11) is 1.75. The van der Waals surface area contributed by atoms with Gasteiger partial charge in [0.2, 0.25) is 0 Å². The molecule has 0 heterocycles. The fraction of sp³-hybridized carbons (Fsp3) is 1.00. The lowest BCUT2D eigenvalue weighted by Gasteiger charge is -2.33. The Morgan fingerprint density at radius 3 is 2.20 bits per heavy atom. The minimum absolute atomic E-state index is 0.535. The fourth-order valence-electron chi connectivity index (χ4n) is 1.70. The van der Waals surface area contributed by atoms with Crippen molar-refractivity contribution in [2.75, 3.05) is 33.4 Å². The van der Waals surface area contributed by atoms with Crippen LogP contribution in [0.5, 0.6) is 0 Å². The minimum Gasteiger partial charge on any atom is -0.383 e. The van der Waals surface area contributed by atoms with Gasteiger partial charge in [0.05, 0.1) is 6.61 Å². The van der Waals surface area contributed by atoms with Crippen molar-refractivity contribution in [3.05, 3.63) is 0 Å². The van der Waals surface area contributed by atoms with Gasteiger partial charge in [-0.1, -0.05) is 20.8 Å². The van der Waals surface area contributed by atoms with Crippen molar-refractivity contribution in [3.8, 4) is 0 Å². The number of rotatable bonds is 8. The Balaban J connectivity index is 4.19. The third-order valence-electron chi connectivity index (χ3n) is 2.95. The van der Waals surface area contributed by atoms with Gasteiger partial charge in [-0.2, -0.15) is 0 Å². The number of nitrogens with zero attached hydrogens (tertiary/aromatic N) is 1. The SMILES string of the molecule is COCCN(CC(C)C)C(C)C(C)CN. The summed E-state index contributed by atoms with van der Waals surface area (Å²) in [6, 6.07) is 0.535. The predicted octanol–water partition coefficient (Wildman–Crippen LogP) is 1.57. The molecule has 0 spiro atoms. The van der Waals surface area contributed by atoms with Crippen LogP contribution in [0.3, 0.4) is 0 Å². The summed E-state index contributed by atoms with van der Waals surface area (Å²) in [5.41, 5.74) is 5.71.